The van der Waals surface area contributed by atoms with Crippen molar-refractivity contribution in [2.75, 3.05) is 0 Å². The molecule has 0 bridgehead atoms. The van der Waals surface area contributed by atoms with Crippen molar-refractivity contribution in [3.8, 4) is 6.07 Å². The minimum Gasteiger partial charge on any atom is -0.390 e. The maximum Gasteiger partial charge on any atom is 0.102 e. The molecule has 0 saturated heterocycles. The second kappa shape index (κ2) is 7.37. The zero-order valence-electron chi connectivity index (χ0n) is 19.1. The second-order valence-electron chi connectivity index (χ2n) is 11.9. The Balaban J connectivity index is 1.30. The van der Waals surface area contributed by atoms with E-state index in [1.54, 1.807) is 6.20 Å². The van der Waals surface area contributed by atoms with Gasteiger partial charge >= 0.3 is 0 Å². The van der Waals surface area contributed by atoms with E-state index in [0.29, 0.717) is 16.9 Å². The molecular weight excluding hydrogens is 370 g/mol. The van der Waals surface area contributed by atoms with Crippen LogP contribution in [0.4, 0.5) is 0 Å². The molecule has 1 heterocycles. The van der Waals surface area contributed by atoms with E-state index in [1.807, 2.05) is 10.9 Å². The maximum absolute atomic E-state index is 10.6. The molecule has 4 aliphatic carbocycles. The van der Waals surface area contributed by atoms with E-state index in [2.05, 4.69) is 31.9 Å². The smallest absolute Gasteiger partial charge is 0.102 e. The highest BCUT2D eigenvalue weighted by molar-refractivity contribution is 5.21. The number of rotatable bonds is 3. The Labute approximate surface area is 182 Å². The lowest BCUT2D eigenvalue weighted by Gasteiger charge is -2.57. The molecule has 4 heteroatoms. The van der Waals surface area contributed by atoms with Gasteiger partial charge in [-0.25, -0.2) is 0 Å². The summed E-state index contributed by atoms with van der Waals surface area (Å²) in [5, 5.41) is 24.1. The molecule has 30 heavy (non-hydrogen) atoms. The van der Waals surface area contributed by atoms with Gasteiger partial charge < -0.3 is 5.11 Å². The molecule has 0 amide bonds. The SMILES string of the molecule is C[C@H](Cn1cc(C#N)cn1)[C@H]1CC[C@H]2[C@@H]3CC[C@@H]4C[C@](C)(O)CC[C@@H]4[C@H]3CC[C@]12C. The number of fused-ring (bicyclic) bond motifs is 5. The first-order valence-electron chi connectivity index (χ1n) is 12.5. The van der Waals surface area contributed by atoms with Crippen LogP contribution in [-0.2, 0) is 6.54 Å². The lowest BCUT2D eigenvalue weighted by atomic mass is 9.48. The predicted molar refractivity (Wildman–Crippen MR) is 117 cm³/mol. The molecule has 0 radical (unpaired) electrons. The summed E-state index contributed by atoms with van der Waals surface area (Å²) >= 11 is 0. The summed E-state index contributed by atoms with van der Waals surface area (Å²) in [4.78, 5) is 0. The lowest BCUT2D eigenvalue weighted by Crippen LogP contribution is -2.51. The average molecular weight is 410 g/mol. The van der Waals surface area contributed by atoms with E-state index in [0.717, 1.165) is 54.9 Å². The van der Waals surface area contributed by atoms with Gasteiger partial charge in [-0.1, -0.05) is 13.8 Å². The fourth-order valence-corrected chi connectivity index (χ4v) is 9.00. The molecule has 4 nitrogen and oxygen atoms in total. The van der Waals surface area contributed by atoms with Crippen molar-refractivity contribution >= 4 is 0 Å². The standard InChI is InChI=1S/C26H39N3O/c1-17(15-29-16-18(13-27)14-28-29)23-6-7-24-22-5-4-19-12-25(2,30)10-8-20(19)21(22)9-11-26(23,24)3/h14,16-17,19-24,30H,4-12,15H2,1-3H3/t17-,19-,20+,21-,22-,23-,24+,25-,26-/m1/s1. The van der Waals surface area contributed by atoms with Gasteiger partial charge in [0.1, 0.15) is 6.07 Å². The lowest BCUT2D eigenvalue weighted by molar-refractivity contribution is -0.103. The highest BCUT2D eigenvalue weighted by atomic mass is 16.3. The number of aromatic nitrogens is 2. The van der Waals surface area contributed by atoms with Crippen LogP contribution < -0.4 is 0 Å². The third kappa shape index (κ3) is 3.32. The van der Waals surface area contributed by atoms with E-state index in [9.17, 15) is 5.11 Å². The third-order valence-corrected chi connectivity index (χ3v) is 10.2. The van der Waals surface area contributed by atoms with Crippen LogP contribution in [0.15, 0.2) is 12.4 Å². The molecule has 4 saturated carbocycles. The summed E-state index contributed by atoms with van der Waals surface area (Å²) < 4.78 is 1.99. The second-order valence-corrected chi connectivity index (χ2v) is 11.9. The number of hydrogen-bond acceptors (Lipinski definition) is 3. The fraction of sp³-hybridized carbons (Fsp3) is 0.846. The first kappa shape index (κ1) is 20.6. The topological polar surface area (TPSA) is 61.8 Å². The van der Waals surface area contributed by atoms with Gasteiger partial charge in [-0.15, -0.1) is 0 Å². The molecule has 4 fully saturated rings. The minimum absolute atomic E-state index is 0.414. The Hall–Kier alpha value is -1.34. The van der Waals surface area contributed by atoms with Crippen LogP contribution in [0.2, 0.25) is 0 Å². The van der Waals surface area contributed by atoms with Gasteiger partial charge in [-0.3, -0.25) is 4.68 Å². The summed E-state index contributed by atoms with van der Waals surface area (Å²) in [5.41, 5.74) is 0.725. The summed E-state index contributed by atoms with van der Waals surface area (Å²) in [7, 11) is 0. The summed E-state index contributed by atoms with van der Waals surface area (Å²) in [6.07, 6.45) is 15.2. The molecule has 164 valence electrons. The Bertz CT molecular complexity index is 822. The molecule has 1 N–H and O–H groups in total. The van der Waals surface area contributed by atoms with Gasteiger partial charge in [0.05, 0.1) is 17.4 Å². The van der Waals surface area contributed by atoms with E-state index >= 15 is 0 Å². The van der Waals surface area contributed by atoms with Crippen LogP contribution in [-0.4, -0.2) is 20.5 Å². The molecule has 9 atom stereocenters. The minimum atomic E-state index is -0.414. The van der Waals surface area contributed by atoms with Gasteiger partial charge in [0.15, 0.2) is 0 Å². The molecular formula is C26H39N3O. The first-order chi connectivity index (χ1) is 14.3. The fourth-order valence-electron chi connectivity index (χ4n) is 9.00. The van der Waals surface area contributed by atoms with Gasteiger partial charge in [0.25, 0.3) is 0 Å². The highest BCUT2D eigenvalue weighted by Crippen LogP contribution is 2.65. The predicted octanol–water partition coefficient (Wildman–Crippen LogP) is 5.41. The molecule has 0 aromatic carbocycles. The zero-order valence-corrected chi connectivity index (χ0v) is 19.1. The van der Waals surface area contributed by atoms with Crippen molar-refractivity contribution in [2.24, 2.45) is 46.8 Å². The quantitative estimate of drug-likeness (QED) is 0.726. The van der Waals surface area contributed by atoms with Crippen LogP contribution in [0.1, 0.15) is 84.1 Å². The van der Waals surface area contributed by atoms with Gasteiger partial charge in [0, 0.05) is 12.7 Å². The number of hydrogen-bond donors (Lipinski definition) is 1. The van der Waals surface area contributed by atoms with Gasteiger partial charge in [-0.05, 0) is 112 Å². The normalized spacial score (nSPS) is 46.4. The molecule has 0 aliphatic heterocycles. The van der Waals surface area contributed by atoms with Crippen molar-refractivity contribution in [1.82, 2.24) is 9.78 Å². The van der Waals surface area contributed by atoms with Crippen molar-refractivity contribution < 1.29 is 5.11 Å². The van der Waals surface area contributed by atoms with Crippen LogP contribution in [0, 0.1) is 58.2 Å². The van der Waals surface area contributed by atoms with Crippen LogP contribution in [0.3, 0.4) is 0 Å². The highest BCUT2D eigenvalue weighted by Gasteiger charge is 2.58. The Kier molecular flexibility index (Phi) is 5.05. The van der Waals surface area contributed by atoms with Gasteiger partial charge in [-0.2, -0.15) is 10.4 Å². The van der Waals surface area contributed by atoms with Crippen molar-refractivity contribution in [2.45, 2.75) is 90.7 Å². The maximum atomic E-state index is 10.6. The molecule has 5 rings (SSSR count). The molecule has 1 aromatic rings. The van der Waals surface area contributed by atoms with Crippen molar-refractivity contribution in [3.05, 3.63) is 18.0 Å². The third-order valence-electron chi connectivity index (χ3n) is 10.2. The molecule has 4 aliphatic rings. The Morgan fingerprint density at radius 2 is 1.93 bits per heavy atom. The summed E-state index contributed by atoms with van der Waals surface area (Å²) in [6.45, 7) is 8.03. The van der Waals surface area contributed by atoms with E-state index in [4.69, 9.17) is 5.26 Å². The first-order valence-corrected chi connectivity index (χ1v) is 12.5. The van der Waals surface area contributed by atoms with Crippen LogP contribution >= 0.6 is 0 Å². The van der Waals surface area contributed by atoms with E-state index in [-0.39, 0.29) is 0 Å². The van der Waals surface area contributed by atoms with Crippen molar-refractivity contribution in [3.63, 3.8) is 0 Å². The molecule has 0 spiro atoms. The van der Waals surface area contributed by atoms with Crippen LogP contribution in [0.5, 0.6) is 0 Å². The largest absolute Gasteiger partial charge is 0.390 e. The van der Waals surface area contributed by atoms with E-state index < -0.39 is 5.60 Å². The molecule has 0 unspecified atom stereocenters. The Morgan fingerprint density at radius 3 is 2.70 bits per heavy atom. The molecule has 1 aromatic heterocycles. The van der Waals surface area contributed by atoms with Crippen LogP contribution in [0.25, 0.3) is 0 Å². The Morgan fingerprint density at radius 1 is 1.13 bits per heavy atom. The number of nitriles is 1. The van der Waals surface area contributed by atoms with Gasteiger partial charge in [0.2, 0.25) is 0 Å². The summed E-state index contributed by atoms with van der Waals surface area (Å²) in [5.74, 6) is 5.73. The average Bonchev–Trinajstić information content (AvgIpc) is 3.30. The van der Waals surface area contributed by atoms with E-state index in [1.165, 1.54) is 44.9 Å². The number of aliphatic hydroxyl groups is 1. The zero-order chi connectivity index (χ0) is 21.1. The number of nitrogens with zero attached hydrogens (tertiary/aromatic N) is 3. The summed E-state index contributed by atoms with van der Waals surface area (Å²) in [6, 6.07) is 2.20. The monoisotopic (exact) mass is 409 g/mol. The van der Waals surface area contributed by atoms with Crippen molar-refractivity contribution in [1.29, 1.82) is 5.26 Å².